The van der Waals surface area contributed by atoms with Crippen LogP contribution >= 0.6 is 0 Å². The van der Waals surface area contributed by atoms with E-state index in [0.717, 1.165) is 5.56 Å². The molecule has 17 heavy (non-hydrogen) atoms. The van der Waals surface area contributed by atoms with Gasteiger partial charge in [-0.05, 0) is 11.6 Å². The zero-order valence-electron chi connectivity index (χ0n) is 9.17. The third kappa shape index (κ3) is 2.52. The zero-order chi connectivity index (χ0) is 12.3. The molecule has 0 unspecified atom stereocenters. The fourth-order valence-corrected chi connectivity index (χ4v) is 1.43. The van der Waals surface area contributed by atoms with Crippen molar-refractivity contribution in [3.63, 3.8) is 0 Å². The van der Waals surface area contributed by atoms with Crippen molar-refractivity contribution < 1.29 is 0 Å². The molecule has 0 spiro atoms. The van der Waals surface area contributed by atoms with Gasteiger partial charge in [0.2, 0.25) is 5.96 Å². The summed E-state index contributed by atoms with van der Waals surface area (Å²) in [5, 5.41) is 11.3. The lowest BCUT2D eigenvalue weighted by atomic mass is 10.2. The lowest BCUT2D eigenvalue weighted by Crippen LogP contribution is -2.23. The summed E-state index contributed by atoms with van der Waals surface area (Å²) in [6.45, 7) is 0. The van der Waals surface area contributed by atoms with Crippen molar-refractivity contribution in [3.8, 4) is 0 Å². The first kappa shape index (κ1) is 10.9. The van der Waals surface area contributed by atoms with Gasteiger partial charge in [-0.2, -0.15) is 9.78 Å². The molecule has 2 rings (SSSR count). The van der Waals surface area contributed by atoms with Gasteiger partial charge in [-0.15, -0.1) is 0 Å². The molecule has 1 heterocycles. The largest absolute Gasteiger partial charge is 0.383 e. The van der Waals surface area contributed by atoms with Gasteiger partial charge in [0.05, 0.1) is 5.69 Å². The van der Waals surface area contributed by atoms with Crippen LogP contribution in [0, 0.1) is 5.41 Å². The van der Waals surface area contributed by atoms with Crippen LogP contribution in [-0.4, -0.2) is 15.7 Å². The molecule has 5 heteroatoms. The first-order valence-corrected chi connectivity index (χ1v) is 5.10. The van der Waals surface area contributed by atoms with E-state index < -0.39 is 0 Å². The van der Waals surface area contributed by atoms with Gasteiger partial charge in [0, 0.05) is 6.07 Å². The van der Waals surface area contributed by atoms with Gasteiger partial charge in [-0.1, -0.05) is 36.4 Å². The normalized spacial score (nSPS) is 10.8. The fraction of sp³-hybridized carbons (Fsp3) is 0. The standard InChI is InChI=1S/C12H13N5/c13-11-8-10(16-17(11)12(14)15)7-6-9-4-2-1-3-5-9/h1-8H,13H2,(H3,14,15)/b7-6+. The Balaban J connectivity index is 2.22. The summed E-state index contributed by atoms with van der Waals surface area (Å²) in [4.78, 5) is 0. The molecule has 0 saturated heterocycles. The van der Waals surface area contributed by atoms with Crippen LogP contribution in [0.1, 0.15) is 11.3 Å². The van der Waals surface area contributed by atoms with Gasteiger partial charge >= 0.3 is 0 Å². The Labute approximate surface area is 98.9 Å². The number of nitrogens with two attached hydrogens (primary N) is 2. The van der Waals surface area contributed by atoms with Gasteiger partial charge in [0.15, 0.2) is 0 Å². The van der Waals surface area contributed by atoms with E-state index in [-0.39, 0.29) is 5.96 Å². The molecule has 86 valence electrons. The maximum absolute atomic E-state index is 7.26. The van der Waals surface area contributed by atoms with Gasteiger partial charge in [-0.25, -0.2) is 0 Å². The molecule has 0 radical (unpaired) electrons. The minimum Gasteiger partial charge on any atom is -0.383 e. The van der Waals surface area contributed by atoms with Crippen molar-refractivity contribution in [2.24, 2.45) is 5.73 Å². The van der Waals surface area contributed by atoms with Gasteiger partial charge in [0.25, 0.3) is 0 Å². The van der Waals surface area contributed by atoms with Crippen LogP contribution < -0.4 is 11.5 Å². The number of hydrogen-bond acceptors (Lipinski definition) is 3. The molecule has 5 N–H and O–H groups in total. The van der Waals surface area contributed by atoms with Crippen LogP contribution in [0.5, 0.6) is 0 Å². The lowest BCUT2D eigenvalue weighted by molar-refractivity contribution is 0.916. The summed E-state index contributed by atoms with van der Waals surface area (Å²) in [6.07, 6.45) is 3.75. The predicted molar refractivity (Wildman–Crippen MR) is 69.3 cm³/mol. The second-order valence-corrected chi connectivity index (χ2v) is 3.54. The Morgan fingerprint density at radius 2 is 1.94 bits per heavy atom. The number of rotatable bonds is 2. The molecule has 0 bridgehead atoms. The predicted octanol–water partition coefficient (Wildman–Crippen LogP) is 1.38. The van der Waals surface area contributed by atoms with Crippen LogP contribution in [0.3, 0.4) is 0 Å². The van der Waals surface area contributed by atoms with E-state index in [0.29, 0.717) is 11.5 Å². The third-order valence-electron chi connectivity index (χ3n) is 2.23. The van der Waals surface area contributed by atoms with Crippen molar-refractivity contribution in [3.05, 3.63) is 47.7 Å². The Morgan fingerprint density at radius 1 is 1.24 bits per heavy atom. The smallest absolute Gasteiger partial charge is 0.215 e. The average molecular weight is 227 g/mol. The quantitative estimate of drug-likeness (QED) is 0.534. The van der Waals surface area contributed by atoms with Crippen LogP contribution in [0.25, 0.3) is 12.2 Å². The number of benzene rings is 1. The Kier molecular flexibility index (Phi) is 2.91. The van der Waals surface area contributed by atoms with Crippen LogP contribution in [0.15, 0.2) is 36.4 Å². The van der Waals surface area contributed by atoms with Crippen molar-refractivity contribution in [1.29, 1.82) is 5.41 Å². The second-order valence-electron chi connectivity index (χ2n) is 3.54. The van der Waals surface area contributed by atoms with E-state index in [1.54, 1.807) is 6.07 Å². The van der Waals surface area contributed by atoms with Crippen molar-refractivity contribution >= 4 is 23.9 Å². The van der Waals surface area contributed by atoms with Crippen LogP contribution in [0.2, 0.25) is 0 Å². The minimum absolute atomic E-state index is 0.193. The molecule has 0 amide bonds. The Morgan fingerprint density at radius 3 is 2.53 bits per heavy atom. The molecular formula is C12H13N5. The molecule has 1 aromatic carbocycles. The van der Waals surface area contributed by atoms with Crippen LogP contribution in [-0.2, 0) is 0 Å². The molecule has 0 aliphatic rings. The number of aromatic nitrogens is 2. The summed E-state index contributed by atoms with van der Waals surface area (Å²) < 4.78 is 1.19. The molecule has 0 saturated carbocycles. The van der Waals surface area contributed by atoms with E-state index in [1.807, 2.05) is 42.5 Å². The van der Waals surface area contributed by atoms with E-state index >= 15 is 0 Å². The molecule has 0 aliphatic carbocycles. The van der Waals surface area contributed by atoms with Gasteiger partial charge in [-0.3, -0.25) is 5.41 Å². The molecule has 2 aromatic rings. The van der Waals surface area contributed by atoms with Gasteiger partial charge in [0.1, 0.15) is 5.82 Å². The Hall–Kier alpha value is -2.56. The highest BCUT2D eigenvalue weighted by Crippen LogP contribution is 2.10. The van der Waals surface area contributed by atoms with Gasteiger partial charge < -0.3 is 11.5 Å². The summed E-state index contributed by atoms with van der Waals surface area (Å²) in [6, 6.07) is 11.5. The monoisotopic (exact) mass is 227 g/mol. The zero-order valence-corrected chi connectivity index (χ0v) is 9.17. The summed E-state index contributed by atoms with van der Waals surface area (Å²) in [5.74, 6) is 0.159. The summed E-state index contributed by atoms with van der Waals surface area (Å²) in [7, 11) is 0. The van der Waals surface area contributed by atoms with Crippen molar-refractivity contribution in [2.75, 3.05) is 5.73 Å². The fourth-order valence-electron chi connectivity index (χ4n) is 1.43. The van der Waals surface area contributed by atoms with E-state index in [9.17, 15) is 0 Å². The molecule has 0 fully saturated rings. The molecule has 5 nitrogen and oxygen atoms in total. The molecule has 1 aromatic heterocycles. The number of nitrogens with zero attached hydrogens (tertiary/aromatic N) is 2. The number of nitrogens with one attached hydrogen (secondary N) is 1. The average Bonchev–Trinajstić information content (AvgIpc) is 2.69. The molecular weight excluding hydrogens is 214 g/mol. The SMILES string of the molecule is N=C(N)n1nc(/C=C/c2ccccc2)cc1N. The molecule has 0 aliphatic heterocycles. The number of nitrogen functional groups attached to an aromatic ring is 2. The van der Waals surface area contributed by atoms with Crippen molar-refractivity contribution in [1.82, 2.24) is 9.78 Å². The maximum Gasteiger partial charge on any atom is 0.215 e. The first-order chi connectivity index (χ1) is 8.16. The molecule has 0 atom stereocenters. The minimum atomic E-state index is -0.193. The summed E-state index contributed by atoms with van der Waals surface area (Å²) >= 11 is 0. The highest BCUT2D eigenvalue weighted by Gasteiger charge is 2.03. The highest BCUT2D eigenvalue weighted by atomic mass is 15.4. The first-order valence-electron chi connectivity index (χ1n) is 5.10. The van der Waals surface area contributed by atoms with Crippen molar-refractivity contribution in [2.45, 2.75) is 0 Å². The maximum atomic E-state index is 7.26. The third-order valence-corrected chi connectivity index (χ3v) is 2.23. The number of hydrogen-bond donors (Lipinski definition) is 3. The highest BCUT2D eigenvalue weighted by molar-refractivity contribution is 5.80. The topological polar surface area (TPSA) is 93.7 Å². The lowest BCUT2D eigenvalue weighted by Gasteiger charge is -1.97. The summed E-state index contributed by atoms with van der Waals surface area (Å²) in [5.41, 5.74) is 12.7. The van der Waals surface area contributed by atoms with E-state index in [1.165, 1.54) is 4.68 Å². The Bertz CT molecular complexity index is 554. The van der Waals surface area contributed by atoms with E-state index in [4.69, 9.17) is 16.9 Å². The number of anilines is 1. The van der Waals surface area contributed by atoms with Crippen LogP contribution in [0.4, 0.5) is 5.82 Å². The second kappa shape index (κ2) is 4.52. The van der Waals surface area contributed by atoms with E-state index in [2.05, 4.69) is 5.10 Å².